The lowest BCUT2D eigenvalue weighted by molar-refractivity contribution is -0.131. The summed E-state index contributed by atoms with van der Waals surface area (Å²) in [4.78, 5) is 17.6. The zero-order valence-corrected chi connectivity index (χ0v) is 13.7. The van der Waals surface area contributed by atoms with Gasteiger partial charge in [0.05, 0.1) is 12.9 Å². The number of rotatable bonds is 4. The highest BCUT2D eigenvalue weighted by atomic mass is 35.5. The van der Waals surface area contributed by atoms with Crippen LogP contribution in [0, 0.1) is 0 Å². The van der Waals surface area contributed by atoms with Gasteiger partial charge >= 0.3 is 0 Å². The van der Waals surface area contributed by atoms with Crippen LogP contribution in [-0.4, -0.2) is 72.9 Å². The number of hydrogen-bond acceptors (Lipinski definition) is 5. The van der Waals surface area contributed by atoms with Gasteiger partial charge in [0.1, 0.15) is 0 Å². The SMILES string of the molecule is CN(CC(=O)N1CCNCC1)S(=O)(=O)c1cn(C)cn1.Cl. The van der Waals surface area contributed by atoms with Gasteiger partial charge in [-0.3, -0.25) is 4.79 Å². The summed E-state index contributed by atoms with van der Waals surface area (Å²) in [6.07, 6.45) is 2.83. The summed E-state index contributed by atoms with van der Waals surface area (Å²) >= 11 is 0. The van der Waals surface area contributed by atoms with E-state index in [-0.39, 0.29) is 29.9 Å². The van der Waals surface area contributed by atoms with Crippen LogP contribution in [0.4, 0.5) is 0 Å². The Bertz CT molecular complexity index is 582. The number of carbonyl (C=O) groups is 1. The molecule has 2 heterocycles. The molecular weight excluding hydrogens is 318 g/mol. The molecule has 1 fully saturated rings. The molecule has 1 aromatic heterocycles. The first-order valence-corrected chi connectivity index (χ1v) is 7.78. The van der Waals surface area contributed by atoms with Crippen LogP contribution in [0.5, 0.6) is 0 Å². The highest BCUT2D eigenvalue weighted by Gasteiger charge is 2.27. The third-order valence-corrected chi connectivity index (χ3v) is 4.87. The molecule has 0 aliphatic carbocycles. The van der Waals surface area contributed by atoms with E-state index >= 15 is 0 Å². The molecule has 1 aliphatic heterocycles. The summed E-state index contributed by atoms with van der Waals surface area (Å²) in [5.41, 5.74) is 0. The quantitative estimate of drug-likeness (QED) is 0.753. The van der Waals surface area contributed by atoms with Gasteiger partial charge in [-0.05, 0) is 0 Å². The van der Waals surface area contributed by atoms with Gasteiger partial charge in [0, 0.05) is 46.5 Å². The van der Waals surface area contributed by atoms with Crippen LogP contribution in [0.25, 0.3) is 0 Å². The minimum Gasteiger partial charge on any atom is -0.339 e. The molecule has 1 aliphatic rings. The smallest absolute Gasteiger partial charge is 0.262 e. The molecule has 0 unspecified atom stereocenters. The molecule has 1 aromatic rings. The van der Waals surface area contributed by atoms with E-state index in [1.165, 1.54) is 19.6 Å². The molecule has 0 atom stereocenters. The van der Waals surface area contributed by atoms with Gasteiger partial charge in [0.2, 0.25) is 5.91 Å². The van der Waals surface area contributed by atoms with Gasteiger partial charge in [0.15, 0.2) is 5.03 Å². The van der Waals surface area contributed by atoms with Crippen molar-refractivity contribution in [2.75, 3.05) is 39.8 Å². The van der Waals surface area contributed by atoms with Gasteiger partial charge in [-0.15, -0.1) is 12.4 Å². The zero-order chi connectivity index (χ0) is 14.8. The number of likely N-dealkylation sites (N-methyl/N-ethyl adjacent to an activating group) is 1. The van der Waals surface area contributed by atoms with Crippen molar-refractivity contribution >= 4 is 28.3 Å². The van der Waals surface area contributed by atoms with Crippen LogP contribution in [-0.2, 0) is 21.9 Å². The van der Waals surface area contributed by atoms with Crippen molar-refractivity contribution in [3.05, 3.63) is 12.5 Å². The Morgan fingerprint density at radius 1 is 1.43 bits per heavy atom. The number of sulfonamides is 1. The Labute approximate surface area is 130 Å². The molecule has 1 amide bonds. The lowest BCUT2D eigenvalue weighted by Crippen LogP contribution is -2.49. The molecule has 8 nitrogen and oxygen atoms in total. The molecule has 0 saturated carbocycles. The molecule has 0 aromatic carbocycles. The van der Waals surface area contributed by atoms with Crippen LogP contribution in [0.3, 0.4) is 0 Å². The first-order valence-electron chi connectivity index (χ1n) is 6.34. The largest absolute Gasteiger partial charge is 0.339 e. The van der Waals surface area contributed by atoms with Crippen molar-refractivity contribution in [2.45, 2.75) is 5.03 Å². The predicted octanol–water partition coefficient (Wildman–Crippen LogP) is -1.11. The third-order valence-electron chi connectivity index (χ3n) is 3.18. The maximum Gasteiger partial charge on any atom is 0.262 e. The van der Waals surface area contributed by atoms with E-state index in [0.29, 0.717) is 13.1 Å². The Hall–Kier alpha value is -1.16. The molecule has 0 spiro atoms. The fourth-order valence-electron chi connectivity index (χ4n) is 1.97. The van der Waals surface area contributed by atoms with E-state index in [1.807, 2.05) is 0 Å². The minimum absolute atomic E-state index is 0. The van der Waals surface area contributed by atoms with E-state index in [4.69, 9.17) is 0 Å². The fourth-order valence-corrected chi connectivity index (χ4v) is 3.05. The zero-order valence-electron chi connectivity index (χ0n) is 12.0. The second-order valence-corrected chi connectivity index (χ2v) is 6.76. The molecule has 1 saturated heterocycles. The van der Waals surface area contributed by atoms with Crippen LogP contribution in [0.2, 0.25) is 0 Å². The Balaban J connectivity index is 0.00000220. The van der Waals surface area contributed by atoms with Gasteiger partial charge in [-0.1, -0.05) is 0 Å². The van der Waals surface area contributed by atoms with Crippen molar-refractivity contribution < 1.29 is 13.2 Å². The number of aromatic nitrogens is 2. The monoisotopic (exact) mass is 337 g/mol. The molecule has 2 rings (SSSR count). The number of halogens is 1. The average Bonchev–Trinajstić information content (AvgIpc) is 2.87. The Morgan fingerprint density at radius 3 is 2.57 bits per heavy atom. The number of imidazole rings is 1. The average molecular weight is 338 g/mol. The van der Waals surface area contributed by atoms with Crippen LogP contribution in [0.1, 0.15) is 0 Å². The van der Waals surface area contributed by atoms with Crippen LogP contribution in [0.15, 0.2) is 17.6 Å². The lowest BCUT2D eigenvalue weighted by Gasteiger charge is -2.28. The van der Waals surface area contributed by atoms with E-state index < -0.39 is 10.0 Å². The summed E-state index contributed by atoms with van der Waals surface area (Å²) < 4.78 is 27.1. The molecule has 120 valence electrons. The number of piperazine rings is 1. The Kier molecular flexibility index (Phi) is 6.14. The molecule has 10 heteroatoms. The van der Waals surface area contributed by atoms with Crippen molar-refractivity contribution in [2.24, 2.45) is 7.05 Å². The molecular formula is C11H20ClN5O3S. The number of amides is 1. The second-order valence-electron chi connectivity index (χ2n) is 4.77. The van der Waals surface area contributed by atoms with Crippen LogP contribution < -0.4 is 5.32 Å². The van der Waals surface area contributed by atoms with Crippen molar-refractivity contribution in [3.63, 3.8) is 0 Å². The number of aryl methyl sites for hydroxylation is 1. The number of nitrogens with zero attached hydrogens (tertiary/aromatic N) is 4. The molecule has 0 bridgehead atoms. The maximum atomic E-state index is 12.2. The summed E-state index contributed by atoms with van der Waals surface area (Å²) in [6, 6.07) is 0. The molecule has 0 radical (unpaired) electrons. The highest BCUT2D eigenvalue weighted by Crippen LogP contribution is 2.11. The van der Waals surface area contributed by atoms with Gasteiger partial charge in [0.25, 0.3) is 10.0 Å². The first kappa shape index (κ1) is 17.9. The van der Waals surface area contributed by atoms with Crippen molar-refractivity contribution in [1.82, 2.24) is 24.1 Å². The molecule has 1 N–H and O–H groups in total. The predicted molar refractivity (Wildman–Crippen MR) is 79.7 cm³/mol. The van der Waals surface area contributed by atoms with Crippen molar-refractivity contribution in [1.29, 1.82) is 0 Å². The standard InChI is InChI=1S/C11H19N5O3S.ClH/c1-14-7-10(13-9-14)20(18,19)15(2)8-11(17)16-5-3-12-4-6-16;/h7,9,12H,3-6,8H2,1-2H3;1H. The van der Waals surface area contributed by atoms with Gasteiger partial charge < -0.3 is 14.8 Å². The van der Waals surface area contributed by atoms with Crippen molar-refractivity contribution in [3.8, 4) is 0 Å². The minimum atomic E-state index is -3.71. The number of hydrogen-bond donors (Lipinski definition) is 1. The van der Waals surface area contributed by atoms with E-state index in [1.54, 1.807) is 16.5 Å². The summed E-state index contributed by atoms with van der Waals surface area (Å²) in [5.74, 6) is -0.187. The molecule has 21 heavy (non-hydrogen) atoms. The first-order chi connectivity index (χ1) is 9.41. The van der Waals surface area contributed by atoms with Gasteiger partial charge in [-0.25, -0.2) is 13.4 Å². The van der Waals surface area contributed by atoms with E-state index in [2.05, 4.69) is 10.3 Å². The number of carbonyl (C=O) groups excluding carboxylic acids is 1. The lowest BCUT2D eigenvalue weighted by atomic mass is 10.3. The van der Waals surface area contributed by atoms with Gasteiger partial charge in [-0.2, -0.15) is 4.31 Å². The second kappa shape index (κ2) is 7.21. The van der Waals surface area contributed by atoms with E-state index in [9.17, 15) is 13.2 Å². The Morgan fingerprint density at radius 2 is 2.05 bits per heavy atom. The topological polar surface area (TPSA) is 87.5 Å². The fraction of sp³-hybridized carbons (Fsp3) is 0.636. The summed E-state index contributed by atoms with van der Waals surface area (Å²) in [5, 5.41) is 3.10. The summed E-state index contributed by atoms with van der Waals surface area (Å²) in [7, 11) is -0.628. The van der Waals surface area contributed by atoms with E-state index in [0.717, 1.165) is 17.4 Å². The van der Waals surface area contributed by atoms with Crippen LogP contribution >= 0.6 is 12.4 Å². The normalized spacial score (nSPS) is 15.9. The number of nitrogens with one attached hydrogen (secondary N) is 1. The highest BCUT2D eigenvalue weighted by molar-refractivity contribution is 7.89. The third kappa shape index (κ3) is 4.16. The summed E-state index contributed by atoms with van der Waals surface area (Å²) in [6.45, 7) is 2.52. The maximum absolute atomic E-state index is 12.2.